The van der Waals surface area contributed by atoms with Gasteiger partial charge in [-0.1, -0.05) is 36.8 Å². The van der Waals surface area contributed by atoms with E-state index >= 15 is 0 Å². The Kier molecular flexibility index (Phi) is 3.74. The number of carbonyl (C=O) groups is 1. The van der Waals surface area contributed by atoms with Crippen molar-refractivity contribution in [2.24, 2.45) is 5.92 Å². The molecule has 3 heteroatoms. The standard InChI is InChI=1S/C16H18O3/c1-10-5-4-6-12(7-10)13-8-15(19-3)16(18)14(9-17)11(13)2/h4-9,11,13,17H,1-3H3. The lowest BCUT2D eigenvalue weighted by Crippen LogP contribution is -2.25. The van der Waals surface area contributed by atoms with Crippen molar-refractivity contribution in [1.29, 1.82) is 0 Å². The second kappa shape index (κ2) is 5.31. The fraction of sp³-hybridized carbons (Fsp3) is 0.312. The normalized spacial score (nSPS) is 25.3. The van der Waals surface area contributed by atoms with E-state index in [-0.39, 0.29) is 17.6 Å². The fourth-order valence-corrected chi connectivity index (χ4v) is 2.52. The highest BCUT2D eigenvalue weighted by atomic mass is 16.5. The molecule has 0 spiro atoms. The highest BCUT2D eigenvalue weighted by Gasteiger charge is 2.33. The third kappa shape index (κ3) is 2.41. The van der Waals surface area contributed by atoms with Gasteiger partial charge < -0.3 is 9.84 Å². The predicted molar refractivity (Wildman–Crippen MR) is 73.9 cm³/mol. The highest BCUT2D eigenvalue weighted by Crippen LogP contribution is 2.37. The van der Waals surface area contributed by atoms with Gasteiger partial charge in [0.05, 0.1) is 13.4 Å². The van der Waals surface area contributed by atoms with Gasteiger partial charge in [0.1, 0.15) is 0 Å². The Bertz CT molecular complexity index is 555. The van der Waals surface area contributed by atoms with Crippen molar-refractivity contribution in [2.75, 3.05) is 7.11 Å². The van der Waals surface area contributed by atoms with Gasteiger partial charge in [-0.25, -0.2) is 0 Å². The third-order valence-corrected chi connectivity index (χ3v) is 3.63. The first kappa shape index (κ1) is 13.4. The van der Waals surface area contributed by atoms with Crippen LogP contribution in [0.2, 0.25) is 0 Å². The first-order valence-electron chi connectivity index (χ1n) is 6.29. The summed E-state index contributed by atoms with van der Waals surface area (Å²) >= 11 is 0. The molecule has 1 N–H and O–H groups in total. The minimum absolute atomic E-state index is 0.0333. The van der Waals surface area contributed by atoms with E-state index in [9.17, 15) is 9.90 Å². The van der Waals surface area contributed by atoms with Gasteiger partial charge >= 0.3 is 0 Å². The SMILES string of the molecule is COC1=CC(c2cccc(C)c2)C(C)C(=CO)C1=O. The zero-order chi connectivity index (χ0) is 14.0. The van der Waals surface area contributed by atoms with E-state index in [1.54, 1.807) is 0 Å². The lowest BCUT2D eigenvalue weighted by molar-refractivity contribution is -0.116. The summed E-state index contributed by atoms with van der Waals surface area (Å²) in [5.74, 6) is 0.0236. The summed E-state index contributed by atoms with van der Waals surface area (Å²) in [6, 6.07) is 8.15. The van der Waals surface area contributed by atoms with Crippen molar-refractivity contribution in [2.45, 2.75) is 19.8 Å². The third-order valence-electron chi connectivity index (χ3n) is 3.63. The van der Waals surface area contributed by atoms with Crippen LogP contribution in [0.25, 0.3) is 0 Å². The van der Waals surface area contributed by atoms with Gasteiger partial charge in [-0.2, -0.15) is 0 Å². The summed E-state index contributed by atoms with van der Waals surface area (Å²) < 4.78 is 5.13. The van der Waals surface area contributed by atoms with Crippen molar-refractivity contribution >= 4 is 5.78 Å². The number of aryl methyl sites for hydroxylation is 1. The monoisotopic (exact) mass is 258 g/mol. The van der Waals surface area contributed by atoms with Crippen molar-refractivity contribution < 1.29 is 14.6 Å². The van der Waals surface area contributed by atoms with Crippen LogP contribution < -0.4 is 0 Å². The molecule has 0 aliphatic heterocycles. The van der Waals surface area contributed by atoms with Gasteiger partial charge in [-0.05, 0) is 24.5 Å². The van der Waals surface area contributed by atoms with Crippen LogP contribution in [0.5, 0.6) is 0 Å². The van der Waals surface area contributed by atoms with E-state index < -0.39 is 0 Å². The molecule has 1 aromatic rings. The van der Waals surface area contributed by atoms with Crippen LogP contribution >= 0.6 is 0 Å². The molecule has 0 bridgehead atoms. The first-order valence-corrected chi connectivity index (χ1v) is 6.29. The fourth-order valence-electron chi connectivity index (χ4n) is 2.52. The number of hydrogen-bond acceptors (Lipinski definition) is 3. The minimum Gasteiger partial charge on any atom is -0.515 e. The summed E-state index contributed by atoms with van der Waals surface area (Å²) in [5, 5.41) is 9.30. The molecule has 0 aromatic heterocycles. The molecule has 1 aromatic carbocycles. The molecule has 100 valence electrons. The lowest BCUT2D eigenvalue weighted by Gasteiger charge is -2.28. The van der Waals surface area contributed by atoms with Crippen LogP contribution in [0, 0.1) is 12.8 Å². The van der Waals surface area contributed by atoms with Gasteiger partial charge in [0.15, 0.2) is 5.76 Å². The first-order chi connectivity index (χ1) is 9.08. The average molecular weight is 258 g/mol. The number of hydrogen-bond donors (Lipinski definition) is 1. The average Bonchev–Trinajstić information content (AvgIpc) is 2.39. The number of aliphatic hydroxyl groups is 1. The Labute approximate surface area is 113 Å². The molecule has 2 unspecified atom stereocenters. The summed E-state index contributed by atoms with van der Waals surface area (Å²) in [4.78, 5) is 12.0. The number of methoxy groups -OCH3 is 1. The molecule has 19 heavy (non-hydrogen) atoms. The van der Waals surface area contributed by atoms with Gasteiger partial charge in [0, 0.05) is 11.5 Å². The molecule has 2 rings (SSSR count). The predicted octanol–water partition coefficient (Wildman–Crippen LogP) is 3.27. The number of allylic oxidation sites excluding steroid dienone is 2. The topological polar surface area (TPSA) is 46.5 Å². The van der Waals surface area contributed by atoms with Crippen LogP contribution in [0.4, 0.5) is 0 Å². The highest BCUT2D eigenvalue weighted by molar-refractivity contribution is 6.08. The Hall–Kier alpha value is -2.03. The Morgan fingerprint density at radius 2 is 2.11 bits per heavy atom. The van der Waals surface area contributed by atoms with Gasteiger partial charge in [0.2, 0.25) is 5.78 Å². The van der Waals surface area contributed by atoms with Crippen molar-refractivity contribution in [3.8, 4) is 0 Å². The van der Waals surface area contributed by atoms with Crippen LogP contribution in [0.1, 0.15) is 24.0 Å². The number of ether oxygens (including phenoxy) is 1. The number of benzene rings is 1. The number of ketones is 1. The van der Waals surface area contributed by atoms with E-state index in [0.29, 0.717) is 11.3 Å². The lowest BCUT2D eigenvalue weighted by atomic mass is 9.76. The van der Waals surface area contributed by atoms with Crippen molar-refractivity contribution in [3.05, 3.63) is 59.1 Å². The molecule has 0 saturated carbocycles. The van der Waals surface area contributed by atoms with Crippen LogP contribution in [0.15, 0.2) is 47.9 Å². The smallest absolute Gasteiger partial charge is 0.226 e. The zero-order valence-electron chi connectivity index (χ0n) is 11.4. The molecule has 0 heterocycles. The van der Waals surface area contributed by atoms with Crippen LogP contribution in [-0.4, -0.2) is 18.0 Å². The molecule has 3 nitrogen and oxygen atoms in total. The summed E-state index contributed by atoms with van der Waals surface area (Å²) in [6.45, 7) is 3.97. The maximum atomic E-state index is 12.0. The van der Waals surface area contributed by atoms with E-state index in [0.717, 1.165) is 11.8 Å². The summed E-state index contributed by atoms with van der Waals surface area (Å²) in [6.07, 6.45) is 2.75. The van der Waals surface area contributed by atoms with E-state index in [1.807, 2.05) is 38.1 Å². The minimum atomic E-state index is -0.235. The Morgan fingerprint density at radius 3 is 2.68 bits per heavy atom. The number of rotatable bonds is 2. The molecule has 0 saturated heterocycles. The van der Waals surface area contributed by atoms with Crippen molar-refractivity contribution in [3.63, 3.8) is 0 Å². The quantitative estimate of drug-likeness (QED) is 0.654. The molecular weight excluding hydrogens is 240 g/mol. The van der Waals surface area contributed by atoms with E-state index in [1.165, 1.54) is 12.7 Å². The van der Waals surface area contributed by atoms with E-state index in [4.69, 9.17) is 4.74 Å². The van der Waals surface area contributed by atoms with E-state index in [2.05, 4.69) is 6.07 Å². The number of aliphatic hydroxyl groups excluding tert-OH is 1. The van der Waals surface area contributed by atoms with Crippen molar-refractivity contribution in [1.82, 2.24) is 0 Å². The molecule has 1 aliphatic rings. The summed E-state index contributed by atoms with van der Waals surface area (Å²) in [7, 11) is 1.47. The Morgan fingerprint density at radius 1 is 1.37 bits per heavy atom. The molecule has 1 aliphatic carbocycles. The second-order valence-electron chi connectivity index (χ2n) is 4.88. The molecular formula is C16H18O3. The maximum absolute atomic E-state index is 12.0. The molecule has 0 fully saturated rings. The zero-order valence-corrected chi connectivity index (χ0v) is 11.4. The maximum Gasteiger partial charge on any atom is 0.226 e. The van der Waals surface area contributed by atoms with Crippen LogP contribution in [-0.2, 0) is 9.53 Å². The Balaban J connectivity index is 2.50. The van der Waals surface area contributed by atoms with Crippen LogP contribution in [0.3, 0.4) is 0 Å². The second-order valence-corrected chi connectivity index (χ2v) is 4.88. The number of carbonyl (C=O) groups excluding carboxylic acids is 1. The molecule has 0 radical (unpaired) electrons. The molecule has 2 atom stereocenters. The number of Topliss-reactive ketones (excluding diaryl/α,β-unsaturated/α-hetero) is 1. The van der Waals surface area contributed by atoms with Gasteiger partial charge in [-0.15, -0.1) is 0 Å². The molecule has 0 amide bonds. The van der Waals surface area contributed by atoms with Gasteiger partial charge in [-0.3, -0.25) is 4.79 Å². The van der Waals surface area contributed by atoms with Gasteiger partial charge in [0.25, 0.3) is 0 Å². The largest absolute Gasteiger partial charge is 0.515 e. The summed E-state index contributed by atoms with van der Waals surface area (Å²) in [5.41, 5.74) is 2.68.